The maximum atomic E-state index is 12.2. The number of piperidine rings is 1. The van der Waals surface area contributed by atoms with E-state index < -0.39 is 0 Å². The predicted molar refractivity (Wildman–Crippen MR) is 108 cm³/mol. The summed E-state index contributed by atoms with van der Waals surface area (Å²) in [7, 11) is 0. The van der Waals surface area contributed by atoms with Crippen LogP contribution in [0.15, 0.2) is 24.3 Å². The Balaban J connectivity index is 1.62. The van der Waals surface area contributed by atoms with E-state index in [0.717, 1.165) is 30.8 Å². The van der Waals surface area contributed by atoms with Gasteiger partial charge in [-0.15, -0.1) is 0 Å². The molecule has 1 aliphatic rings. The van der Waals surface area contributed by atoms with Crippen LogP contribution in [-0.4, -0.2) is 35.6 Å². The summed E-state index contributed by atoms with van der Waals surface area (Å²) in [5, 5.41) is 3.26. The maximum Gasteiger partial charge on any atom is 0.262 e. The van der Waals surface area contributed by atoms with Crippen molar-refractivity contribution in [1.82, 2.24) is 9.97 Å². The van der Waals surface area contributed by atoms with Crippen molar-refractivity contribution < 1.29 is 9.53 Å². The number of ether oxygens (including phenoxy) is 1. The fourth-order valence-corrected chi connectivity index (χ4v) is 3.44. The van der Waals surface area contributed by atoms with E-state index in [9.17, 15) is 4.79 Å². The Labute approximate surface area is 164 Å². The van der Waals surface area contributed by atoms with Gasteiger partial charge in [-0.05, 0) is 50.3 Å². The fourth-order valence-electron chi connectivity index (χ4n) is 3.16. The van der Waals surface area contributed by atoms with Crippen molar-refractivity contribution in [2.75, 3.05) is 29.9 Å². The monoisotopic (exact) mass is 388 g/mol. The van der Waals surface area contributed by atoms with Gasteiger partial charge in [0.05, 0.1) is 10.7 Å². The zero-order valence-corrected chi connectivity index (χ0v) is 16.7. The van der Waals surface area contributed by atoms with Crippen LogP contribution in [0.2, 0.25) is 5.02 Å². The van der Waals surface area contributed by atoms with Gasteiger partial charge in [-0.2, -0.15) is 4.98 Å². The normalized spacial score (nSPS) is 16.9. The summed E-state index contributed by atoms with van der Waals surface area (Å²) in [6, 6.07) is 7.21. The summed E-state index contributed by atoms with van der Waals surface area (Å²) in [4.78, 5) is 23.4. The highest BCUT2D eigenvalue weighted by Gasteiger charge is 2.19. The minimum Gasteiger partial charge on any atom is -0.467 e. The van der Waals surface area contributed by atoms with Crippen LogP contribution in [0.4, 0.5) is 11.6 Å². The Morgan fingerprint density at radius 3 is 2.89 bits per heavy atom. The number of rotatable bonds is 5. The third kappa shape index (κ3) is 5.32. The summed E-state index contributed by atoms with van der Waals surface area (Å²) >= 11 is 6.15. The fraction of sp³-hybridized carbons (Fsp3) is 0.450. The van der Waals surface area contributed by atoms with Gasteiger partial charge in [-0.25, -0.2) is 4.98 Å². The van der Waals surface area contributed by atoms with Gasteiger partial charge < -0.3 is 15.0 Å². The second-order valence-corrected chi connectivity index (χ2v) is 7.57. The largest absolute Gasteiger partial charge is 0.467 e. The zero-order chi connectivity index (χ0) is 19.4. The molecule has 0 radical (unpaired) electrons. The van der Waals surface area contributed by atoms with Crippen LogP contribution in [-0.2, 0) is 4.79 Å². The van der Waals surface area contributed by atoms with Crippen molar-refractivity contribution >= 4 is 29.1 Å². The molecule has 1 amide bonds. The summed E-state index contributed by atoms with van der Waals surface area (Å²) < 4.78 is 5.61. The van der Waals surface area contributed by atoms with E-state index >= 15 is 0 Å². The molecule has 1 fully saturated rings. The smallest absolute Gasteiger partial charge is 0.262 e. The van der Waals surface area contributed by atoms with E-state index in [4.69, 9.17) is 16.3 Å². The average molecular weight is 389 g/mol. The number of amides is 1. The van der Waals surface area contributed by atoms with Crippen LogP contribution >= 0.6 is 11.6 Å². The van der Waals surface area contributed by atoms with Gasteiger partial charge >= 0.3 is 0 Å². The highest BCUT2D eigenvalue weighted by atomic mass is 35.5. The zero-order valence-electron chi connectivity index (χ0n) is 16.0. The lowest BCUT2D eigenvalue weighted by Crippen LogP contribution is -2.35. The first-order valence-electron chi connectivity index (χ1n) is 9.20. The van der Waals surface area contributed by atoms with Crippen LogP contribution < -0.4 is 15.0 Å². The SMILES string of the molecule is Cc1ccc(NC(=O)COc2cc(C)nc(N3CCC[C@@H](C)C3)n2)c(Cl)c1. The number of hydrogen-bond acceptors (Lipinski definition) is 5. The highest BCUT2D eigenvalue weighted by molar-refractivity contribution is 6.33. The number of aryl methyl sites for hydroxylation is 2. The lowest BCUT2D eigenvalue weighted by molar-refractivity contribution is -0.118. The van der Waals surface area contributed by atoms with E-state index in [1.165, 1.54) is 6.42 Å². The van der Waals surface area contributed by atoms with Gasteiger partial charge in [-0.3, -0.25) is 4.79 Å². The molecule has 2 aromatic rings. The maximum absolute atomic E-state index is 12.2. The van der Waals surface area contributed by atoms with Crippen LogP contribution in [0.25, 0.3) is 0 Å². The molecular formula is C20H25ClN4O2. The summed E-state index contributed by atoms with van der Waals surface area (Å²) in [6.07, 6.45) is 2.36. The van der Waals surface area contributed by atoms with Crippen molar-refractivity contribution in [2.24, 2.45) is 5.92 Å². The number of carbonyl (C=O) groups excluding carboxylic acids is 1. The second kappa shape index (κ2) is 8.57. The molecule has 0 spiro atoms. The van der Waals surface area contributed by atoms with Crippen LogP contribution in [0.1, 0.15) is 31.0 Å². The number of benzene rings is 1. The lowest BCUT2D eigenvalue weighted by Gasteiger charge is -2.31. The molecule has 2 heterocycles. The second-order valence-electron chi connectivity index (χ2n) is 7.16. The number of aromatic nitrogens is 2. The molecule has 1 aliphatic heterocycles. The number of hydrogen-bond donors (Lipinski definition) is 1. The summed E-state index contributed by atoms with van der Waals surface area (Å²) in [5.41, 5.74) is 2.42. The number of halogens is 1. The van der Waals surface area contributed by atoms with E-state index in [0.29, 0.717) is 28.5 Å². The molecule has 1 aromatic heterocycles. The molecule has 1 saturated heterocycles. The Kier molecular flexibility index (Phi) is 6.16. The van der Waals surface area contributed by atoms with Gasteiger partial charge in [-0.1, -0.05) is 24.6 Å². The van der Waals surface area contributed by atoms with Gasteiger partial charge in [0, 0.05) is 24.8 Å². The number of carbonyl (C=O) groups is 1. The Morgan fingerprint density at radius 1 is 1.33 bits per heavy atom. The quantitative estimate of drug-likeness (QED) is 0.838. The highest BCUT2D eigenvalue weighted by Crippen LogP contribution is 2.24. The Morgan fingerprint density at radius 2 is 2.15 bits per heavy atom. The molecule has 7 heteroatoms. The van der Waals surface area contributed by atoms with E-state index in [-0.39, 0.29) is 12.5 Å². The van der Waals surface area contributed by atoms with Crippen LogP contribution in [0.5, 0.6) is 5.88 Å². The van der Waals surface area contributed by atoms with Crippen molar-refractivity contribution in [3.63, 3.8) is 0 Å². The third-order valence-electron chi connectivity index (χ3n) is 4.51. The average Bonchev–Trinajstić information content (AvgIpc) is 2.62. The van der Waals surface area contributed by atoms with Crippen LogP contribution in [0, 0.1) is 19.8 Å². The molecule has 0 unspecified atom stereocenters. The Bertz CT molecular complexity index is 828. The molecule has 144 valence electrons. The minimum atomic E-state index is -0.287. The van der Waals surface area contributed by atoms with Crippen molar-refractivity contribution in [1.29, 1.82) is 0 Å². The number of nitrogens with one attached hydrogen (secondary N) is 1. The Hall–Kier alpha value is -2.34. The molecule has 0 bridgehead atoms. The topological polar surface area (TPSA) is 67.3 Å². The molecule has 0 aliphatic carbocycles. The molecule has 1 aromatic carbocycles. The summed E-state index contributed by atoms with van der Waals surface area (Å²) in [5.74, 6) is 1.40. The predicted octanol–water partition coefficient (Wildman–Crippen LogP) is 4.00. The first-order valence-corrected chi connectivity index (χ1v) is 9.58. The third-order valence-corrected chi connectivity index (χ3v) is 4.82. The molecule has 1 N–H and O–H groups in total. The van der Waals surface area contributed by atoms with E-state index in [1.54, 1.807) is 18.2 Å². The van der Waals surface area contributed by atoms with Gasteiger partial charge in [0.1, 0.15) is 0 Å². The van der Waals surface area contributed by atoms with Crippen LogP contribution in [0.3, 0.4) is 0 Å². The lowest BCUT2D eigenvalue weighted by atomic mass is 10.0. The van der Waals surface area contributed by atoms with E-state index in [1.807, 2.05) is 19.9 Å². The van der Waals surface area contributed by atoms with Gasteiger partial charge in [0.15, 0.2) is 6.61 Å². The van der Waals surface area contributed by atoms with Gasteiger partial charge in [0.2, 0.25) is 11.8 Å². The van der Waals surface area contributed by atoms with E-state index in [2.05, 4.69) is 27.1 Å². The van der Waals surface area contributed by atoms with Crippen molar-refractivity contribution in [3.05, 3.63) is 40.5 Å². The number of anilines is 2. The van der Waals surface area contributed by atoms with Gasteiger partial charge in [0.25, 0.3) is 5.91 Å². The first kappa shape index (κ1) is 19.4. The number of nitrogens with zero attached hydrogens (tertiary/aromatic N) is 3. The summed E-state index contributed by atoms with van der Waals surface area (Å²) in [6.45, 7) is 7.82. The first-order chi connectivity index (χ1) is 12.9. The van der Waals surface area contributed by atoms with Crippen molar-refractivity contribution in [2.45, 2.75) is 33.6 Å². The minimum absolute atomic E-state index is 0.142. The molecule has 6 nitrogen and oxygen atoms in total. The van der Waals surface area contributed by atoms with Crippen molar-refractivity contribution in [3.8, 4) is 5.88 Å². The molecular weight excluding hydrogens is 364 g/mol. The standard InChI is InChI=1S/C20H25ClN4O2/c1-13-6-7-17(16(21)9-13)23-18(26)12-27-19-10-15(3)22-20(24-19)25-8-4-5-14(2)11-25/h6-7,9-10,14H,4-5,8,11-12H2,1-3H3,(H,23,26)/t14-/m1/s1. The molecule has 0 saturated carbocycles. The molecule has 1 atom stereocenters. The molecule has 27 heavy (non-hydrogen) atoms. The molecule has 3 rings (SSSR count).